The number of hydrogen-bond donors (Lipinski definition) is 3. The van der Waals surface area contributed by atoms with Gasteiger partial charge in [0.15, 0.2) is 12.4 Å². The van der Waals surface area contributed by atoms with Crippen molar-refractivity contribution in [3.05, 3.63) is 27.0 Å². The number of aliphatic hydroxyl groups excluding tert-OH is 2. The van der Waals surface area contributed by atoms with Gasteiger partial charge in [0, 0.05) is 0 Å². The smallest absolute Gasteiger partial charge is 0.347 e. The maximum Gasteiger partial charge on any atom is 0.347 e. The van der Waals surface area contributed by atoms with Crippen molar-refractivity contribution < 1.29 is 19.3 Å². The molecule has 1 aromatic heterocycles. The Labute approximate surface area is 125 Å². The first kappa shape index (κ1) is 16.8. The van der Waals surface area contributed by atoms with E-state index in [4.69, 9.17) is 4.74 Å². The van der Waals surface area contributed by atoms with Crippen molar-refractivity contribution in [1.29, 1.82) is 0 Å². The molecule has 0 amide bonds. The Kier molecular flexibility index (Phi) is 4.78. The molecule has 0 bridgehead atoms. The molecule has 124 valence electrons. The van der Waals surface area contributed by atoms with Gasteiger partial charge in [0.05, 0.1) is 6.61 Å². The summed E-state index contributed by atoms with van der Waals surface area (Å²) in [5.74, 6) is 0.269. The third-order valence-electron chi connectivity index (χ3n) is 3.86. The minimum atomic E-state index is -1.95. The fourth-order valence-corrected chi connectivity index (χ4v) is 2.50. The zero-order valence-corrected chi connectivity index (χ0v) is 12.4. The molecule has 8 nitrogen and oxygen atoms in total. The van der Waals surface area contributed by atoms with Gasteiger partial charge in [0.25, 0.3) is 5.56 Å². The molecule has 1 fully saturated rings. The van der Waals surface area contributed by atoms with Crippen molar-refractivity contribution in [3.63, 3.8) is 0 Å². The Morgan fingerprint density at radius 2 is 2.23 bits per heavy atom. The van der Waals surface area contributed by atoms with Crippen molar-refractivity contribution in [1.82, 2.24) is 14.8 Å². The van der Waals surface area contributed by atoms with Gasteiger partial charge in [-0.15, -0.1) is 0 Å². The van der Waals surface area contributed by atoms with E-state index < -0.39 is 42.0 Å². The average molecular weight is 317 g/mol. The van der Waals surface area contributed by atoms with Crippen molar-refractivity contribution in [2.75, 3.05) is 6.61 Å². The van der Waals surface area contributed by atoms with Gasteiger partial charge in [0.1, 0.15) is 17.9 Å². The van der Waals surface area contributed by atoms with E-state index in [1.54, 1.807) is 0 Å². The standard InChI is InChI=1S/C13H20FN3O5/c1-7(2)3-4-13(6-18)10(20)9(14)11(22-13)17-12(21)16-8(19)5-15-17/h5,7,9-11,18,20H,3-4,6H2,1-2H3,(H,16,19,21)/t9-,10+,11-,13-/m1/s1. The third-order valence-corrected chi connectivity index (χ3v) is 3.86. The second kappa shape index (κ2) is 6.27. The summed E-state index contributed by atoms with van der Waals surface area (Å²) >= 11 is 0. The minimum absolute atomic E-state index is 0.233. The van der Waals surface area contributed by atoms with Gasteiger partial charge in [-0.1, -0.05) is 13.8 Å². The number of alkyl halides is 1. The first-order chi connectivity index (χ1) is 10.3. The highest BCUT2D eigenvalue weighted by atomic mass is 19.1. The molecule has 0 radical (unpaired) electrons. The molecule has 1 saturated heterocycles. The molecule has 1 aliphatic rings. The van der Waals surface area contributed by atoms with Gasteiger partial charge >= 0.3 is 5.69 Å². The Bertz CT molecular complexity index is 631. The van der Waals surface area contributed by atoms with Crippen molar-refractivity contribution in [2.24, 2.45) is 5.92 Å². The molecule has 0 unspecified atom stereocenters. The predicted octanol–water partition coefficient (Wildman–Crippen LogP) is -0.673. The van der Waals surface area contributed by atoms with Gasteiger partial charge in [-0.3, -0.25) is 9.78 Å². The summed E-state index contributed by atoms with van der Waals surface area (Å²) in [6.45, 7) is 3.31. The largest absolute Gasteiger partial charge is 0.393 e. The van der Waals surface area contributed by atoms with Crippen LogP contribution in [0.25, 0.3) is 0 Å². The molecule has 0 aliphatic carbocycles. The molecule has 2 heterocycles. The number of rotatable bonds is 5. The summed E-state index contributed by atoms with van der Waals surface area (Å²) in [6.07, 6.45) is -3.39. The Hall–Kier alpha value is -1.58. The van der Waals surface area contributed by atoms with Crippen LogP contribution in [0.2, 0.25) is 0 Å². The van der Waals surface area contributed by atoms with Gasteiger partial charge in [0.2, 0.25) is 0 Å². The quantitative estimate of drug-likeness (QED) is 0.663. The topological polar surface area (TPSA) is 117 Å². The van der Waals surface area contributed by atoms with Crippen molar-refractivity contribution in [3.8, 4) is 0 Å². The summed E-state index contributed by atoms with van der Waals surface area (Å²) in [5.41, 5.74) is -3.15. The van der Waals surface area contributed by atoms with Crippen LogP contribution in [0.5, 0.6) is 0 Å². The number of aromatic amines is 1. The third kappa shape index (κ3) is 2.96. The van der Waals surface area contributed by atoms with Crippen molar-refractivity contribution in [2.45, 2.75) is 50.8 Å². The molecule has 0 spiro atoms. The van der Waals surface area contributed by atoms with E-state index in [0.717, 1.165) is 6.20 Å². The van der Waals surface area contributed by atoms with Crippen molar-refractivity contribution >= 4 is 0 Å². The number of nitrogens with zero attached hydrogens (tertiary/aromatic N) is 2. The van der Waals surface area contributed by atoms with Gasteiger partial charge < -0.3 is 14.9 Å². The minimum Gasteiger partial charge on any atom is -0.393 e. The number of nitrogens with one attached hydrogen (secondary N) is 1. The van der Waals surface area contributed by atoms with Crippen LogP contribution in [-0.4, -0.2) is 49.5 Å². The van der Waals surface area contributed by atoms with Crippen LogP contribution in [0.3, 0.4) is 0 Å². The van der Waals surface area contributed by atoms with E-state index in [-0.39, 0.29) is 12.3 Å². The van der Waals surface area contributed by atoms with Gasteiger partial charge in [-0.2, -0.15) is 9.78 Å². The lowest BCUT2D eigenvalue weighted by Gasteiger charge is -2.30. The zero-order chi connectivity index (χ0) is 16.5. The van der Waals surface area contributed by atoms with E-state index >= 15 is 0 Å². The van der Waals surface area contributed by atoms with E-state index in [1.165, 1.54) is 0 Å². The highest BCUT2D eigenvalue weighted by Gasteiger charge is 2.56. The molecule has 9 heteroatoms. The van der Waals surface area contributed by atoms with Crippen LogP contribution in [0, 0.1) is 5.92 Å². The highest BCUT2D eigenvalue weighted by Crippen LogP contribution is 2.41. The SMILES string of the molecule is CC(C)CC[C@]1(CO)O[C@@H](n2ncc(=O)[nH]c2=O)[C@H](F)[C@@H]1O. The summed E-state index contributed by atoms with van der Waals surface area (Å²) in [6, 6.07) is 0. The molecule has 1 aliphatic heterocycles. The number of hydrogen-bond acceptors (Lipinski definition) is 6. The number of aromatic nitrogens is 3. The molecule has 22 heavy (non-hydrogen) atoms. The van der Waals surface area contributed by atoms with E-state index in [9.17, 15) is 24.2 Å². The normalized spacial score (nSPS) is 31.8. The van der Waals surface area contributed by atoms with Crippen LogP contribution < -0.4 is 11.2 Å². The van der Waals surface area contributed by atoms with E-state index in [1.807, 2.05) is 18.8 Å². The number of halogens is 1. The molecule has 4 atom stereocenters. The Balaban J connectivity index is 2.32. The highest BCUT2D eigenvalue weighted by molar-refractivity contribution is 5.00. The number of H-pyrrole nitrogens is 1. The molecule has 1 aromatic rings. The second-order valence-electron chi connectivity index (χ2n) is 5.94. The van der Waals surface area contributed by atoms with E-state index in [2.05, 4.69) is 5.10 Å². The Morgan fingerprint density at radius 1 is 1.55 bits per heavy atom. The summed E-state index contributed by atoms with van der Waals surface area (Å²) in [7, 11) is 0. The number of aliphatic hydroxyl groups is 2. The summed E-state index contributed by atoms with van der Waals surface area (Å²) in [4.78, 5) is 24.7. The predicted molar refractivity (Wildman–Crippen MR) is 74.0 cm³/mol. The lowest BCUT2D eigenvalue weighted by Crippen LogP contribution is -2.45. The molecule has 3 N–H and O–H groups in total. The first-order valence-corrected chi connectivity index (χ1v) is 7.09. The maximum absolute atomic E-state index is 14.4. The van der Waals surface area contributed by atoms with Crippen LogP contribution in [0.15, 0.2) is 15.8 Å². The second-order valence-corrected chi connectivity index (χ2v) is 5.94. The monoisotopic (exact) mass is 317 g/mol. The molecule has 0 saturated carbocycles. The van der Waals surface area contributed by atoms with E-state index in [0.29, 0.717) is 11.1 Å². The molecule has 2 rings (SSSR count). The van der Waals surface area contributed by atoms with Crippen LogP contribution in [0.4, 0.5) is 4.39 Å². The fraction of sp³-hybridized carbons (Fsp3) is 0.769. The zero-order valence-electron chi connectivity index (χ0n) is 12.4. The van der Waals surface area contributed by atoms with Gasteiger partial charge in [-0.25, -0.2) is 9.18 Å². The first-order valence-electron chi connectivity index (χ1n) is 7.09. The average Bonchev–Trinajstić information content (AvgIpc) is 2.71. The summed E-state index contributed by atoms with van der Waals surface area (Å²) in [5, 5.41) is 23.2. The van der Waals surface area contributed by atoms with Crippen LogP contribution in [0.1, 0.15) is 32.9 Å². The lowest BCUT2D eigenvalue weighted by molar-refractivity contribution is -0.137. The van der Waals surface area contributed by atoms with Crippen LogP contribution >= 0.6 is 0 Å². The molecular weight excluding hydrogens is 297 g/mol. The molecule has 0 aromatic carbocycles. The number of ether oxygens (including phenoxy) is 1. The molecular formula is C13H20FN3O5. The Morgan fingerprint density at radius 3 is 2.77 bits per heavy atom. The summed E-state index contributed by atoms with van der Waals surface area (Å²) < 4.78 is 20.5. The maximum atomic E-state index is 14.4. The van der Waals surface area contributed by atoms with Gasteiger partial charge in [-0.05, 0) is 18.8 Å². The van der Waals surface area contributed by atoms with Crippen LogP contribution in [-0.2, 0) is 4.74 Å². The fourth-order valence-electron chi connectivity index (χ4n) is 2.50. The lowest BCUT2D eigenvalue weighted by atomic mass is 9.89.